The van der Waals surface area contributed by atoms with Gasteiger partial charge < -0.3 is 10.6 Å². The van der Waals surface area contributed by atoms with Gasteiger partial charge in [-0.1, -0.05) is 6.08 Å². The first-order valence-corrected chi connectivity index (χ1v) is 5.60. The monoisotopic (exact) mass is 220 g/mol. The van der Waals surface area contributed by atoms with Crippen LogP contribution in [0.5, 0.6) is 0 Å². The first kappa shape index (κ1) is 11.1. The molecule has 0 aromatic heterocycles. The molecule has 0 amide bonds. The van der Waals surface area contributed by atoms with E-state index < -0.39 is 0 Å². The zero-order valence-corrected chi connectivity index (χ0v) is 9.73. The number of anilines is 1. The summed E-state index contributed by atoms with van der Waals surface area (Å²) in [6.07, 6.45) is 2.97. The maximum atomic E-state index is 13.9. The maximum Gasteiger partial charge on any atom is 0.132 e. The number of hydrogen-bond donors (Lipinski definition) is 2. The molecule has 0 spiro atoms. The number of nitrogens with one attached hydrogen (secondary N) is 2. The molecule has 86 valence electrons. The minimum Gasteiger partial charge on any atom is -0.388 e. The summed E-state index contributed by atoms with van der Waals surface area (Å²) < 4.78 is 13.9. The van der Waals surface area contributed by atoms with Crippen molar-refractivity contribution < 1.29 is 4.39 Å². The molecule has 1 aliphatic rings. The minimum atomic E-state index is -0.136. The van der Waals surface area contributed by atoms with E-state index in [0.717, 1.165) is 41.9 Å². The molecule has 16 heavy (non-hydrogen) atoms. The Labute approximate surface area is 95.6 Å². The Morgan fingerprint density at radius 2 is 2.19 bits per heavy atom. The van der Waals surface area contributed by atoms with E-state index in [4.69, 9.17) is 0 Å². The Kier molecular flexibility index (Phi) is 3.25. The number of halogens is 1. The average Bonchev–Trinajstić information content (AvgIpc) is 2.32. The van der Waals surface area contributed by atoms with Gasteiger partial charge >= 0.3 is 0 Å². The molecule has 0 saturated heterocycles. The summed E-state index contributed by atoms with van der Waals surface area (Å²) in [5.74, 6) is -0.136. The third-order valence-electron chi connectivity index (χ3n) is 2.99. The standard InChI is InChI=1S/C13H17FN2/c1-9-7-11(10-3-5-16-6-4-10)12(14)8-13(9)15-2/h3,7-8,15-16H,4-6H2,1-2H3. The fourth-order valence-electron chi connectivity index (χ4n) is 2.06. The summed E-state index contributed by atoms with van der Waals surface area (Å²) >= 11 is 0. The van der Waals surface area contributed by atoms with Crippen LogP contribution in [0.4, 0.5) is 10.1 Å². The Morgan fingerprint density at radius 1 is 1.38 bits per heavy atom. The van der Waals surface area contributed by atoms with E-state index in [0.29, 0.717) is 0 Å². The molecule has 1 heterocycles. The lowest BCUT2D eigenvalue weighted by Gasteiger charge is -2.16. The third-order valence-corrected chi connectivity index (χ3v) is 2.99. The number of hydrogen-bond acceptors (Lipinski definition) is 2. The van der Waals surface area contributed by atoms with Gasteiger partial charge in [0, 0.05) is 24.8 Å². The molecule has 0 bridgehead atoms. The molecule has 0 radical (unpaired) electrons. The highest BCUT2D eigenvalue weighted by atomic mass is 19.1. The largest absolute Gasteiger partial charge is 0.388 e. The molecule has 0 atom stereocenters. The van der Waals surface area contributed by atoms with Crippen molar-refractivity contribution in [2.45, 2.75) is 13.3 Å². The Balaban J connectivity index is 2.41. The van der Waals surface area contributed by atoms with E-state index in [1.807, 2.05) is 20.0 Å². The van der Waals surface area contributed by atoms with Crippen molar-refractivity contribution in [3.63, 3.8) is 0 Å². The number of benzene rings is 1. The highest BCUT2D eigenvalue weighted by Gasteiger charge is 2.12. The summed E-state index contributed by atoms with van der Waals surface area (Å²) in [6, 6.07) is 3.51. The van der Waals surface area contributed by atoms with Gasteiger partial charge in [-0.15, -0.1) is 0 Å². The number of aryl methyl sites for hydroxylation is 1. The van der Waals surface area contributed by atoms with Gasteiger partial charge in [0.1, 0.15) is 5.82 Å². The first-order chi connectivity index (χ1) is 7.72. The topological polar surface area (TPSA) is 24.1 Å². The van der Waals surface area contributed by atoms with Gasteiger partial charge in [0.25, 0.3) is 0 Å². The molecule has 0 fully saturated rings. The van der Waals surface area contributed by atoms with Crippen LogP contribution in [0.25, 0.3) is 5.57 Å². The van der Waals surface area contributed by atoms with Crippen molar-refractivity contribution in [3.05, 3.63) is 35.2 Å². The Bertz CT molecular complexity index is 424. The van der Waals surface area contributed by atoms with Gasteiger partial charge in [0.05, 0.1) is 0 Å². The van der Waals surface area contributed by atoms with Gasteiger partial charge in [-0.05, 0) is 43.2 Å². The lowest BCUT2D eigenvalue weighted by Crippen LogP contribution is -2.20. The Morgan fingerprint density at radius 3 is 2.81 bits per heavy atom. The molecular weight excluding hydrogens is 203 g/mol. The fourth-order valence-corrected chi connectivity index (χ4v) is 2.06. The molecule has 3 heteroatoms. The van der Waals surface area contributed by atoms with Gasteiger partial charge in [-0.2, -0.15) is 0 Å². The molecule has 2 N–H and O–H groups in total. The van der Waals surface area contributed by atoms with Crippen LogP contribution in [0.15, 0.2) is 18.2 Å². The summed E-state index contributed by atoms with van der Waals surface area (Å²) in [5.41, 5.74) is 3.80. The molecule has 1 aliphatic heterocycles. The third kappa shape index (κ3) is 2.09. The van der Waals surface area contributed by atoms with Crippen LogP contribution in [0, 0.1) is 12.7 Å². The highest BCUT2D eigenvalue weighted by Crippen LogP contribution is 2.27. The molecular formula is C13H17FN2. The van der Waals surface area contributed by atoms with E-state index in [1.165, 1.54) is 0 Å². The zero-order valence-electron chi connectivity index (χ0n) is 9.73. The molecule has 0 saturated carbocycles. The van der Waals surface area contributed by atoms with Crippen molar-refractivity contribution in [3.8, 4) is 0 Å². The van der Waals surface area contributed by atoms with E-state index in [9.17, 15) is 4.39 Å². The van der Waals surface area contributed by atoms with Crippen LogP contribution >= 0.6 is 0 Å². The van der Waals surface area contributed by atoms with E-state index in [-0.39, 0.29) is 5.82 Å². The molecule has 0 unspecified atom stereocenters. The molecule has 1 aromatic rings. The maximum absolute atomic E-state index is 13.9. The van der Waals surface area contributed by atoms with Crippen molar-refractivity contribution >= 4 is 11.3 Å². The number of rotatable bonds is 2. The predicted octanol–water partition coefficient (Wildman–Crippen LogP) is 2.55. The highest BCUT2D eigenvalue weighted by molar-refractivity contribution is 5.70. The summed E-state index contributed by atoms with van der Waals surface area (Å²) in [4.78, 5) is 0. The SMILES string of the molecule is CNc1cc(F)c(C2=CCNCC2)cc1C. The molecule has 2 rings (SSSR count). The predicted molar refractivity (Wildman–Crippen MR) is 66.1 cm³/mol. The van der Waals surface area contributed by atoms with Gasteiger partial charge in [-0.25, -0.2) is 4.39 Å². The van der Waals surface area contributed by atoms with Crippen LogP contribution in [0.2, 0.25) is 0 Å². The van der Waals surface area contributed by atoms with E-state index in [2.05, 4.69) is 16.7 Å². The normalized spacial score (nSPS) is 15.8. The Hall–Kier alpha value is -1.35. The van der Waals surface area contributed by atoms with Crippen LogP contribution in [-0.4, -0.2) is 20.1 Å². The molecule has 2 nitrogen and oxygen atoms in total. The smallest absolute Gasteiger partial charge is 0.132 e. The van der Waals surface area contributed by atoms with E-state index >= 15 is 0 Å². The second-order valence-electron chi connectivity index (χ2n) is 4.08. The van der Waals surface area contributed by atoms with Gasteiger partial charge in [0.2, 0.25) is 0 Å². The van der Waals surface area contributed by atoms with Gasteiger partial charge in [-0.3, -0.25) is 0 Å². The van der Waals surface area contributed by atoms with Crippen LogP contribution in [0.1, 0.15) is 17.5 Å². The van der Waals surface area contributed by atoms with Crippen molar-refractivity contribution in [1.82, 2.24) is 5.32 Å². The lowest BCUT2D eigenvalue weighted by molar-refractivity contribution is 0.621. The van der Waals surface area contributed by atoms with Gasteiger partial charge in [0.15, 0.2) is 0 Å². The lowest BCUT2D eigenvalue weighted by atomic mass is 9.97. The molecule has 0 aliphatic carbocycles. The summed E-state index contributed by atoms with van der Waals surface area (Å²) in [5, 5.41) is 6.22. The van der Waals surface area contributed by atoms with Crippen LogP contribution < -0.4 is 10.6 Å². The molecule has 1 aromatic carbocycles. The van der Waals surface area contributed by atoms with Crippen molar-refractivity contribution in [2.24, 2.45) is 0 Å². The van der Waals surface area contributed by atoms with Crippen molar-refractivity contribution in [1.29, 1.82) is 0 Å². The second-order valence-corrected chi connectivity index (χ2v) is 4.08. The van der Waals surface area contributed by atoms with Crippen molar-refractivity contribution in [2.75, 3.05) is 25.5 Å². The quantitative estimate of drug-likeness (QED) is 0.800. The second kappa shape index (κ2) is 4.66. The minimum absolute atomic E-state index is 0.136. The van der Waals surface area contributed by atoms with Crippen LogP contribution in [-0.2, 0) is 0 Å². The average molecular weight is 220 g/mol. The fraction of sp³-hybridized carbons (Fsp3) is 0.385. The summed E-state index contributed by atoms with van der Waals surface area (Å²) in [7, 11) is 1.81. The summed E-state index contributed by atoms with van der Waals surface area (Å²) in [6.45, 7) is 3.76. The van der Waals surface area contributed by atoms with Crippen LogP contribution in [0.3, 0.4) is 0 Å². The zero-order chi connectivity index (χ0) is 11.5. The van der Waals surface area contributed by atoms with E-state index in [1.54, 1.807) is 6.07 Å². The first-order valence-electron chi connectivity index (χ1n) is 5.60.